The summed E-state index contributed by atoms with van der Waals surface area (Å²) in [5.41, 5.74) is 2.84. The molecule has 2 aromatic carbocycles. The number of carbonyl (C=O) groups is 2. The van der Waals surface area contributed by atoms with E-state index in [9.17, 15) is 18.0 Å². The van der Waals surface area contributed by atoms with Crippen LogP contribution in [0, 0.1) is 5.92 Å². The second-order valence-electron chi connectivity index (χ2n) is 9.68. The normalized spacial score (nSPS) is 20.1. The summed E-state index contributed by atoms with van der Waals surface area (Å²) in [5.74, 6) is 0.220. The van der Waals surface area contributed by atoms with Crippen molar-refractivity contribution in [1.82, 2.24) is 9.62 Å². The lowest BCUT2D eigenvalue weighted by molar-refractivity contribution is -0.131. The molecular formula is C26H32N4O4S. The Labute approximate surface area is 206 Å². The molecule has 0 unspecified atom stereocenters. The molecule has 2 heterocycles. The second kappa shape index (κ2) is 9.62. The maximum absolute atomic E-state index is 12.9. The van der Waals surface area contributed by atoms with Crippen molar-refractivity contribution in [3.63, 3.8) is 0 Å². The third-order valence-corrected chi connectivity index (χ3v) is 8.58. The average molecular weight is 497 g/mol. The van der Waals surface area contributed by atoms with Gasteiger partial charge in [-0.3, -0.25) is 9.59 Å². The van der Waals surface area contributed by atoms with Crippen molar-refractivity contribution in [3.8, 4) is 0 Å². The fourth-order valence-electron chi connectivity index (χ4n) is 5.02. The quantitative estimate of drug-likeness (QED) is 0.636. The van der Waals surface area contributed by atoms with Gasteiger partial charge in [-0.05, 0) is 62.1 Å². The summed E-state index contributed by atoms with van der Waals surface area (Å²) < 4.78 is 28.3. The van der Waals surface area contributed by atoms with E-state index in [2.05, 4.69) is 21.8 Å². The highest BCUT2D eigenvalue weighted by molar-refractivity contribution is 7.89. The van der Waals surface area contributed by atoms with E-state index >= 15 is 0 Å². The van der Waals surface area contributed by atoms with Gasteiger partial charge in [0.15, 0.2) is 0 Å². The zero-order valence-corrected chi connectivity index (χ0v) is 20.8. The van der Waals surface area contributed by atoms with Gasteiger partial charge >= 0.3 is 0 Å². The number of hydrogen-bond acceptors (Lipinski definition) is 5. The summed E-state index contributed by atoms with van der Waals surface area (Å²) in [6.45, 7) is 4.82. The highest BCUT2D eigenvalue weighted by atomic mass is 32.2. The van der Waals surface area contributed by atoms with Crippen LogP contribution in [0.15, 0.2) is 53.4 Å². The van der Waals surface area contributed by atoms with Gasteiger partial charge in [-0.25, -0.2) is 13.1 Å². The van der Waals surface area contributed by atoms with Gasteiger partial charge in [0.05, 0.1) is 4.90 Å². The molecule has 2 fully saturated rings. The lowest BCUT2D eigenvalue weighted by Gasteiger charge is -2.36. The van der Waals surface area contributed by atoms with Crippen molar-refractivity contribution in [2.75, 3.05) is 42.5 Å². The van der Waals surface area contributed by atoms with Crippen LogP contribution in [0.1, 0.15) is 31.7 Å². The van der Waals surface area contributed by atoms with E-state index < -0.39 is 10.0 Å². The van der Waals surface area contributed by atoms with Crippen LogP contribution in [0.5, 0.6) is 0 Å². The predicted octanol–water partition coefficient (Wildman–Crippen LogP) is 2.39. The number of fused-ring (bicyclic) bond motifs is 1. The lowest BCUT2D eigenvalue weighted by atomic mass is 10.1. The Morgan fingerprint density at radius 3 is 2.40 bits per heavy atom. The number of rotatable bonds is 7. The fraction of sp³-hybridized carbons (Fsp3) is 0.462. The van der Waals surface area contributed by atoms with Crippen LogP contribution < -0.4 is 14.5 Å². The fourth-order valence-corrected chi connectivity index (χ4v) is 6.11. The Hall–Kier alpha value is -2.91. The lowest BCUT2D eigenvalue weighted by Crippen LogP contribution is -2.49. The van der Waals surface area contributed by atoms with Gasteiger partial charge in [0.2, 0.25) is 21.8 Å². The SMILES string of the molecule is C[C@@H]1Cc2cc(S(=O)(=O)NCCC(=O)N3CCN(c4ccccc4)CC3)ccc2N1C(=O)C1CC1. The molecule has 9 heteroatoms. The molecule has 5 rings (SSSR count). The first-order valence-electron chi connectivity index (χ1n) is 12.4. The van der Waals surface area contributed by atoms with Crippen LogP contribution in [-0.2, 0) is 26.0 Å². The Balaban J connectivity index is 1.14. The summed E-state index contributed by atoms with van der Waals surface area (Å²) in [7, 11) is -3.74. The summed E-state index contributed by atoms with van der Waals surface area (Å²) in [6, 6.07) is 15.1. The van der Waals surface area contributed by atoms with Gasteiger partial charge in [-0.2, -0.15) is 0 Å². The van der Waals surface area contributed by atoms with E-state index in [0.29, 0.717) is 19.5 Å². The van der Waals surface area contributed by atoms with Crippen molar-refractivity contribution in [3.05, 3.63) is 54.1 Å². The summed E-state index contributed by atoms with van der Waals surface area (Å²) in [6.07, 6.45) is 2.64. The Morgan fingerprint density at radius 1 is 1.00 bits per heavy atom. The van der Waals surface area contributed by atoms with Crippen LogP contribution in [0.3, 0.4) is 0 Å². The number of amides is 2. The minimum Gasteiger partial charge on any atom is -0.368 e. The number of piperazine rings is 1. The first-order valence-corrected chi connectivity index (χ1v) is 13.9. The minimum atomic E-state index is -3.74. The molecule has 1 saturated carbocycles. The summed E-state index contributed by atoms with van der Waals surface area (Å²) in [4.78, 5) is 31.3. The summed E-state index contributed by atoms with van der Waals surface area (Å²) in [5, 5.41) is 0. The molecule has 1 saturated heterocycles. The summed E-state index contributed by atoms with van der Waals surface area (Å²) >= 11 is 0. The van der Waals surface area contributed by atoms with Gasteiger partial charge in [-0.1, -0.05) is 18.2 Å². The molecule has 2 amide bonds. The molecule has 2 aromatic rings. The van der Waals surface area contributed by atoms with Crippen molar-refractivity contribution >= 4 is 33.2 Å². The van der Waals surface area contributed by atoms with Gasteiger partial charge in [0.25, 0.3) is 0 Å². The van der Waals surface area contributed by atoms with Crippen molar-refractivity contribution in [1.29, 1.82) is 0 Å². The van der Waals surface area contributed by atoms with E-state index in [1.807, 2.05) is 30.0 Å². The van der Waals surface area contributed by atoms with Crippen LogP contribution in [0.25, 0.3) is 0 Å². The molecule has 3 aliphatic rings. The molecule has 2 aliphatic heterocycles. The van der Waals surface area contributed by atoms with Crippen molar-refractivity contribution in [2.24, 2.45) is 5.92 Å². The number of para-hydroxylation sites is 1. The topological polar surface area (TPSA) is 90.0 Å². The Kier molecular flexibility index (Phi) is 6.55. The van der Waals surface area contributed by atoms with E-state index in [0.717, 1.165) is 42.9 Å². The maximum Gasteiger partial charge on any atom is 0.240 e. The van der Waals surface area contributed by atoms with E-state index in [1.54, 1.807) is 23.1 Å². The van der Waals surface area contributed by atoms with Gasteiger partial charge in [-0.15, -0.1) is 0 Å². The van der Waals surface area contributed by atoms with Crippen molar-refractivity contribution in [2.45, 2.75) is 43.5 Å². The first kappa shape index (κ1) is 23.8. The monoisotopic (exact) mass is 496 g/mol. The third kappa shape index (κ3) is 5.06. The number of hydrogen-bond donors (Lipinski definition) is 1. The molecule has 35 heavy (non-hydrogen) atoms. The molecule has 8 nitrogen and oxygen atoms in total. The number of nitrogens with one attached hydrogen (secondary N) is 1. The molecule has 0 bridgehead atoms. The Bertz CT molecular complexity index is 1210. The van der Waals surface area contributed by atoms with Crippen LogP contribution in [-0.4, -0.2) is 63.9 Å². The first-order chi connectivity index (χ1) is 16.8. The van der Waals surface area contributed by atoms with E-state index in [1.165, 1.54) is 0 Å². The molecule has 0 spiro atoms. The smallest absolute Gasteiger partial charge is 0.240 e. The molecular weight excluding hydrogens is 464 g/mol. The number of anilines is 2. The number of nitrogens with zero attached hydrogens (tertiary/aromatic N) is 3. The van der Waals surface area contributed by atoms with Crippen LogP contribution in [0.4, 0.5) is 11.4 Å². The number of carbonyl (C=O) groups excluding carboxylic acids is 2. The number of benzene rings is 2. The highest BCUT2D eigenvalue weighted by Crippen LogP contribution is 2.39. The third-order valence-electron chi connectivity index (χ3n) is 7.13. The van der Waals surface area contributed by atoms with Crippen LogP contribution >= 0.6 is 0 Å². The second-order valence-corrected chi connectivity index (χ2v) is 11.4. The molecule has 186 valence electrons. The standard InChI is InChI=1S/C26H32N4O4S/c1-19-17-21-18-23(9-10-24(21)30(19)26(32)20-7-8-20)35(33,34)27-12-11-25(31)29-15-13-28(14-16-29)22-5-3-2-4-6-22/h2-6,9-10,18-20,27H,7-8,11-17H2,1H3/t19-/m1/s1. The van der Waals surface area contributed by atoms with Gasteiger partial charge in [0.1, 0.15) is 0 Å². The van der Waals surface area contributed by atoms with E-state index in [-0.39, 0.29) is 41.6 Å². The van der Waals surface area contributed by atoms with E-state index in [4.69, 9.17) is 0 Å². The Morgan fingerprint density at radius 2 is 1.71 bits per heavy atom. The molecule has 1 N–H and O–H groups in total. The molecule has 1 atom stereocenters. The predicted molar refractivity (Wildman–Crippen MR) is 135 cm³/mol. The largest absolute Gasteiger partial charge is 0.368 e. The zero-order chi connectivity index (χ0) is 24.6. The molecule has 0 radical (unpaired) electrons. The highest BCUT2D eigenvalue weighted by Gasteiger charge is 2.39. The average Bonchev–Trinajstić information content (AvgIpc) is 3.66. The molecule has 1 aliphatic carbocycles. The minimum absolute atomic E-state index is 0.0315. The zero-order valence-electron chi connectivity index (χ0n) is 20.0. The maximum atomic E-state index is 12.9. The van der Waals surface area contributed by atoms with Crippen molar-refractivity contribution < 1.29 is 18.0 Å². The van der Waals surface area contributed by atoms with Crippen LogP contribution in [0.2, 0.25) is 0 Å². The van der Waals surface area contributed by atoms with Gasteiger partial charge < -0.3 is 14.7 Å². The van der Waals surface area contributed by atoms with Gasteiger partial charge in [0, 0.05) is 62.5 Å². The molecule has 0 aromatic heterocycles. The number of sulfonamides is 1.